The van der Waals surface area contributed by atoms with Crippen molar-refractivity contribution in [3.05, 3.63) is 46.8 Å². The third-order valence-corrected chi connectivity index (χ3v) is 3.51. The third kappa shape index (κ3) is 2.62. The number of carboxylic acids is 1. The quantitative estimate of drug-likeness (QED) is 0.851. The third-order valence-electron chi connectivity index (χ3n) is 3.51. The lowest BCUT2D eigenvalue weighted by Crippen LogP contribution is -2.11. The molecule has 1 aliphatic carbocycles. The molecule has 0 saturated heterocycles. The van der Waals surface area contributed by atoms with Crippen LogP contribution in [0.5, 0.6) is 0 Å². The molecule has 0 unspecified atom stereocenters. The van der Waals surface area contributed by atoms with E-state index in [-0.39, 0.29) is 11.6 Å². The Balaban J connectivity index is 1.87. The molecule has 1 saturated carbocycles. The van der Waals surface area contributed by atoms with Crippen LogP contribution >= 0.6 is 0 Å². The number of benzene rings is 1. The lowest BCUT2D eigenvalue weighted by Gasteiger charge is -2.06. The zero-order valence-electron chi connectivity index (χ0n) is 11.2. The summed E-state index contributed by atoms with van der Waals surface area (Å²) in [5.41, 5.74) is 7.25. The maximum atomic E-state index is 11.2. The first kappa shape index (κ1) is 13.3. The van der Waals surface area contributed by atoms with Crippen molar-refractivity contribution in [3.8, 4) is 0 Å². The number of amides is 1. The van der Waals surface area contributed by atoms with E-state index in [4.69, 9.17) is 10.8 Å². The van der Waals surface area contributed by atoms with Crippen molar-refractivity contribution in [1.82, 2.24) is 15.0 Å². The SMILES string of the molecule is NC(=O)c1ccc(Cn2nnc(C(=O)O)c2C2CC2)cc1. The van der Waals surface area contributed by atoms with Crippen molar-refractivity contribution in [3.63, 3.8) is 0 Å². The lowest BCUT2D eigenvalue weighted by atomic mass is 10.1. The molecule has 1 aliphatic rings. The molecule has 3 rings (SSSR count). The molecular formula is C14H14N4O3. The normalized spacial score (nSPS) is 14.1. The van der Waals surface area contributed by atoms with E-state index in [9.17, 15) is 9.59 Å². The highest BCUT2D eigenvalue weighted by atomic mass is 16.4. The summed E-state index contributed by atoms with van der Waals surface area (Å²) in [6.07, 6.45) is 1.93. The smallest absolute Gasteiger partial charge is 0.358 e. The molecule has 1 heterocycles. The van der Waals surface area contributed by atoms with E-state index in [2.05, 4.69) is 10.3 Å². The molecule has 7 heteroatoms. The van der Waals surface area contributed by atoms with Gasteiger partial charge in [0.05, 0.1) is 12.2 Å². The molecular weight excluding hydrogens is 272 g/mol. The van der Waals surface area contributed by atoms with Gasteiger partial charge in [0.25, 0.3) is 0 Å². The van der Waals surface area contributed by atoms with Crippen LogP contribution < -0.4 is 5.73 Å². The Morgan fingerprint density at radius 3 is 2.48 bits per heavy atom. The van der Waals surface area contributed by atoms with Crippen LogP contribution in [0.4, 0.5) is 0 Å². The molecule has 3 N–H and O–H groups in total. The van der Waals surface area contributed by atoms with Gasteiger partial charge in [0.2, 0.25) is 5.91 Å². The van der Waals surface area contributed by atoms with Crippen molar-refractivity contribution in [2.45, 2.75) is 25.3 Å². The van der Waals surface area contributed by atoms with Crippen molar-refractivity contribution >= 4 is 11.9 Å². The number of primary amides is 1. The molecule has 1 amide bonds. The number of aromatic carboxylic acids is 1. The van der Waals surface area contributed by atoms with Gasteiger partial charge < -0.3 is 10.8 Å². The fourth-order valence-corrected chi connectivity index (χ4v) is 2.30. The van der Waals surface area contributed by atoms with Crippen LogP contribution in [-0.2, 0) is 6.54 Å². The van der Waals surface area contributed by atoms with Crippen LogP contribution in [-0.4, -0.2) is 32.0 Å². The molecule has 21 heavy (non-hydrogen) atoms. The monoisotopic (exact) mass is 286 g/mol. The topological polar surface area (TPSA) is 111 Å². The average Bonchev–Trinajstić information content (AvgIpc) is 3.20. The van der Waals surface area contributed by atoms with Crippen molar-refractivity contribution in [2.24, 2.45) is 5.73 Å². The Morgan fingerprint density at radius 1 is 1.29 bits per heavy atom. The molecule has 0 atom stereocenters. The van der Waals surface area contributed by atoms with E-state index in [0.717, 1.165) is 18.4 Å². The predicted molar refractivity (Wildman–Crippen MR) is 73.0 cm³/mol. The summed E-state index contributed by atoms with van der Waals surface area (Å²) in [6, 6.07) is 6.84. The van der Waals surface area contributed by atoms with Gasteiger partial charge in [0, 0.05) is 11.5 Å². The molecule has 1 fully saturated rings. The molecule has 2 aromatic rings. The number of nitrogens with zero attached hydrogens (tertiary/aromatic N) is 3. The Labute approximate surface area is 120 Å². The van der Waals surface area contributed by atoms with Gasteiger partial charge in [-0.2, -0.15) is 0 Å². The first-order valence-corrected chi connectivity index (χ1v) is 6.61. The van der Waals surface area contributed by atoms with Crippen LogP contribution in [0, 0.1) is 0 Å². The van der Waals surface area contributed by atoms with Crippen LogP contribution in [0.25, 0.3) is 0 Å². The second-order valence-electron chi connectivity index (χ2n) is 5.12. The Hall–Kier alpha value is -2.70. The summed E-state index contributed by atoms with van der Waals surface area (Å²) in [5.74, 6) is -1.29. The van der Waals surface area contributed by atoms with E-state index in [1.807, 2.05) is 0 Å². The van der Waals surface area contributed by atoms with Gasteiger partial charge in [-0.1, -0.05) is 17.3 Å². The molecule has 0 aliphatic heterocycles. The van der Waals surface area contributed by atoms with E-state index in [1.165, 1.54) is 0 Å². The standard InChI is InChI=1S/C14H14N4O3/c15-13(19)10-3-1-8(2-4-10)7-18-12(9-5-6-9)11(14(20)21)16-17-18/h1-4,9H,5-7H2,(H2,15,19)(H,20,21). The predicted octanol–water partition coefficient (Wildman–Crippen LogP) is 1.00. The van der Waals surface area contributed by atoms with Crippen molar-refractivity contribution in [2.75, 3.05) is 0 Å². The number of carboxylic acid groups (broad SMARTS) is 1. The second-order valence-corrected chi connectivity index (χ2v) is 5.12. The summed E-state index contributed by atoms with van der Waals surface area (Å²) in [5, 5.41) is 16.9. The molecule has 0 spiro atoms. The lowest BCUT2D eigenvalue weighted by molar-refractivity contribution is 0.0688. The summed E-state index contributed by atoms with van der Waals surface area (Å²) >= 11 is 0. The average molecular weight is 286 g/mol. The van der Waals surface area contributed by atoms with Gasteiger partial charge in [-0.15, -0.1) is 5.10 Å². The number of aromatic nitrogens is 3. The number of carbonyl (C=O) groups excluding carboxylic acids is 1. The Kier molecular flexibility index (Phi) is 3.17. The van der Waals surface area contributed by atoms with Gasteiger partial charge in [0.1, 0.15) is 0 Å². The van der Waals surface area contributed by atoms with Gasteiger partial charge in [-0.05, 0) is 30.5 Å². The van der Waals surface area contributed by atoms with Crippen LogP contribution in [0.1, 0.15) is 50.9 Å². The van der Waals surface area contributed by atoms with Crippen molar-refractivity contribution in [1.29, 1.82) is 0 Å². The summed E-state index contributed by atoms with van der Waals surface area (Å²) < 4.78 is 1.63. The van der Waals surface area contributed by atoms with Crippen LogP contribution in [0.3, 0.4) is 0 Å². The minimum atomic E-state index is -1.05. The molecule has 1 aromatic heterocycles. The molecule has 1 aromatic carbocycles. The van der Waals surface area contributed by atoms with E-state index < -0.39 is 11.9 Å². The summed E-state index contributed by atoms with van der Waals surface area (Å²) in [7, 11) is 0. The van der Waals surface area contributed by atoms with E-state index >= 15 is 0 Å². The zero-order valence-corrected chi connectivity index (χ0v) is 11.2. The maximum absolute atomic E-state index is 11.2. The minimum Gasteiger partial charge on any atom is -0.476 e. The van der Waals surface area contributed by atoms with Crippen LogP contribution in [0.2, 0.25) is 0 Å². The number of nitrogens with two attached hydrogens (primary N) is 1. The first-order valence-electron chi connectivity index (χ1n) is 6.61. The second kappa shape index (κ2) is 5.01. The van der Waals surface area contributed by atoms with E-state index in [0.29, 0.717) is 17.8 Å². The number of hydrogen-bond acceptors (Lipinski definition) is 4. The summed E-state index contributed by atoms with van der Waals surface area (Å²) in [4.78, 5) is 22.2. The van der Waals surface area contributed by atoms with Gasteiger partial charge >= 0.3 is 5.97 Å². The highest BCUT2D eigenvalue weighted by molar-refractivity contribution is 5.92. The van der Waals surface area contributed by atoms with Crippen molar-refractivity contribution < 1.29 is 14.7 Å². The molecule has 7 nitrogen and oxygen atoms in total. The summed E-state index contributed by atoms with van der Waals surface area (Å²) in [6.45, 7) is 0.422. The number of hydrogen-bond donors (Lipinski definition) is 2. The fraction of sp³-hybridized carbons (Fsp3) is 0.286. The molecule has 108 valence electrons. The van der Waals surface area contributed by atoms with Gasteiger partial charge in [-0.3, -0.25) is 4.79 Å². The van der Waals surface area contributed by atoms with Gasteiger partial charge in [0.15, 0.2) is 5.69 Å². The first-order chi connectivity index (χ1) is 10.1. The minimum absolute atomic E-state index is 0.0336. The molecule has 0 radical (unpaired) electrons. The van der Waals surface area contributed by atoms with E-state index in [1.54, 1.807) is 28.9 Å². The molecule has 0 bridgehead atoms. The number of rotatable bonds is 5. The zero-order chi connectivity index (χ0) is 15.0. The largest absolute Gasteiger partial charge is 0.476 e. The highest BCUT2D eigenvalue weighted by Crippen LogP contribution is 2.41. The van der Waals surface area contributed by atoms with Gasteiger partial charge in [-0.25, -0.2) is 9.48 Å². The number of carbonyl (C=O) groups is 2. The Bertz CT molecular complexity index is 702. The Morgan fingerprint density at radius 2 is 1.95 bits per heavy atom. The fourth-order valence-electron chi connectivity index (χ4n) is 2.30. The maximum Gasteiger partial charge on any atom is 0.358 e. The van der Waals surface area contributed by atoms with Crippen LogP contribution in [0.15, 0.2) is 24.3 Å². The highest BCUT2D eigenvalue weighted by Gasteiger charge is 2.33.